The molecule has 0 saturated heterocycles. The summed E-state index contributed by atoms with van der Waals surface area (Å²) in [5.74, 6) is 0.210. The minimum atomic E-state index is -0.214. The second-order valence-electron chi connectivity index (χ2n) is 7.91. The van der Waals surface area contributed by atoms with Gasteiger partial charge in [0.1, 0.15) is 0 Å². The average molecular weight is 475 g/mol. The predicted octanol–water partition coefficient (Wildman–Crippen LogP) is 5.69. The lowest BCUT2D eigenvalue weighted by atomic mass is 10.1. The largest absolute Gasteiger partial charge is 0.419 e. The van der Waals surface area contributed by atoms with Crippen LogP contribution >= 0.6 is 11.6 Å². The molecular weight excluding hydrogens is 452 g/mol. The third kappa shape index (κ3) is 5.32. The Hall–Kier alpha value is -3.97. The van der Waals surface area contributed by atoms with E-state index in [0.29, 0.717) is 39.2 Å². The predicted molar refractivity (Wildman–Crippen MR) is 131 cm³/mol. The molecule has 8 heteroatoms. The van der Waals surface area contributed by atoms with Crippen LogP contribution in [0.1, 0.15) is 40.5 Å². The van der Waals surface area contributed by atoms with E-state index in [-0.39, 0.29) is 24.4 Å². The van der Waals surface area contributed by atoms with Crippen molar-refractivity contribution in [3.05, 3.63) is 101 Å². The van der Waals surface area contributed by atoms with Gasteiger partial charge in [-0.2, -0.15) is 0 Å². The molecular formula is C26H23ClN4O3. The van der Waals surface area contributed by atoms with Gasteiger partial charge in [0.05, 0.1) is 17.1 Å². The van der Waals surface area contributed by atoms with Crippen LogP contribution in [0.25, 0.3) is 11.5 Å². The van der Waals surface area contributed by atoms with Gasteiger partial charge in [-0.1, -0.05) is 41.9 Å². The Morgan fingerprint density at radius 1 is 0.912 bits per heavy atom. The van der Waals surface area contributed by atoms with Crippen molar-refractivity contribution in [3.8, 4) is 11.5 Å². The van der Waals surface area contributed by atoms with Crippen molar-refractivity contribution in [3.63, 3.8) is 0 Å². The van der Waals surface area contributed by atoms with Crippen LogP contribution in [0.3, 0.4) is 0 Å². The Balaban J connectivity index is 1.46. The first-order chi connectivity index (χ1) is 16.4. The van der Waals surface area contributed by atoms with E-state index in [1.165, 1.54) is 0 Å². The maximum Gasteiger partial charge on any atom is 0.255 e. The normalized spacial score (nSPS) is 10.8. The highest BCUT2D eigenvalue weighted by molar-refractivity contribution is 6.33. The number of hydrogen-bond donors (Lipinski definition) is 1. The topological polar surface area (TPSA) is 88.3 Å². The molecule has 4 aromatic rings. The number of halogens is 1. The Morgan fingerprint density at radius 2 is 1.59 bits per heavy atom. The maximum absolute atomic E-state index is 13.2. The highest BCUT2D eigenvalue weighted by Crippen LogP contribution is 2.27. The van der Waals surface area contributed by atoms with E-state index < -0.39 is 0 Å². The highest BCUT2D eigenvalue weighted by atomic mass is 35.5. The van der Waals surface area contributed by atoms with Crippen molar-refractivity contribution < 1.29 is 14.0 Å². The molecule has 34 heavy (non-hydrogen) atoms. The lowest BCUT2D eigenvalue weighted by Gasteiger charge is -2.25. The number of nitrogens with one attached hydrogen (secondary N) is 1. The fourth-order valence-electron chi connectivity index (χ4n) is 3.35. The molecule has 2 amide bonds. The fraction of sp³-hybridized carbons (Fsp3) is 0.154. The zero-order valence-corrected chi connectivity index (χ0v) is 19.5. The molecule has 0 atom stereocenters. The van der Waals surface area contributed by atoms with Crippen LogP contribution in [0.2, 0.25) is 5.02 Å². The standard InChI is InChI=1S/C26H23ClN4O3/c1-17(2)31(16-23-29-30-25(34-23)21-10-6-7-11-22(21)27)26(33)19-12-14-20(15-13-19)28-24(32)18-8-4-3-5-9-18/h3-15,17H,16H2,1-2H3,(H,28,32). The summed E-state index contributed by atoms with van der Waals surface area (Å²) in [6.45, 7) is 3.98. The van der Waals surface area contributed by atoms with Crippen LogP contribution in [-0.4, -0.2) is 33.0 Å². The molecule has 7 nitrogen and oxygen atoms in total. The quantitative estimate of drug-likeness (QED) is 0.371. The van der Waals surface area contributed by atoms with Crippen molar-refractivity contribution in [2.24, 2.45) is 0 Å². The number of carbonyl (C=O) groups excluding carboxylic acids is 2. The van der Waals surface area contributed by atoms with E-state index in [2.05, 4.69) is 15.5 Å². The molecule has 3 aromatic carbocycles. The lowest BCUT2D eigenvalue weighted by Crippen LogP contribution is -2.36. The van der Waals surface area contributed by atoms with Gasteiger partial charge in [0.2, 0.25) is 11.8 Å². The molecule has 0 aliphatic carbocycles. The molecule has 1 heterocycles. The van der Waals surface area contributed by atoms with Gasteiger partial charge in [-0.3, -0.25) is 9.59 Å². The number of rotatable bonds is 7. The monoisotopic (exact) mass is 474 g/mol. The third-order valence-electron chi connectivity index (χ3n) is 5.19. The summed E-state index contributed by atoms with van der Waals surface area (Å²) in [5, 5.41) is 11.5. The van der Waals surface area contributed by atoms with E-state index in [4.69, 9.17) is 16.0 Å². The van der Waals surface area contributed by atoms with Crippen molar-refractivity contribution in [2.75, 3.05) is 5.32 Å². The molecule has 4 rings (SSSR count). The van der Waals surface area contributed by atoms with E-state index in [0.717, 1.165) is 0 Å². The van der Waals surface area contributed by atoms with Gasteiger partial charge in [-0.05, 0) is 62.4 Å². The van der Waals surface area contributed by atoms with Gasteiger partial charge in [-0.25, -0.2) is 0 Å². The van der Waals surface area contributed by atoms with Gasteiger partial charge in [0.15, 0.2) is 0 Å². The van der Waals surface area contributed by atoms with Crippen LogP contribution in [-0.2, 0) is 6.54 Å². The fourth-order valence-corrected chi connectivity index (χ4v) is 3.57. The highest BCUT2D eigenvalue weighted by Gasteiger charge is 2.22. The number of aromatic nitrogens is 2. The van der Waals surface area contributed by atoms with Gasteiger partial charge in [0.25, 0.3) is 11.8 Å². The smallest absolute Gasteiger partial charge is 0.255 e. The number of amides is 2. The SMILES string of the molecule is CC(C)N(Cc1nnc(-c2ccccc2Cl)o1)C(=O)c1ccc(NC(=O)c2ccccc2)cc1. The summed E-state index contributed by atoms with van der Waals surface area (Å²) in [4.78, 5) is 27.2. The van der Waals surface area contributed by atoms with Crippen LogP contribution in [0.5, 0.6) is 0 Å². The van der Waals surface area contributed by atoms with Crippen molar-refractivity contribution in [1.29, 1.82) is 0 Å². The van der Waals surface area contributed by atoms with E-state index >= 15 is 0 Å². The minimum absolute atomic E-state index is 0.111. The van der Waals surface area contributed by atoms with Crippen LogP contribution in [0.15, 0.2) is 83.3 Å². The number of benzene rings is 3. The molecule has 1 aromatic heterocycles. The lowest BCUT2D eigenvalue weighted by molar-refractivity contribution is 0.0672. The van der Waals surface area contributed by atoms with Gasteiger partial charge in [0, 0.05) is 22.9 Å². The van der Waals surface area contributed by atoms with Gasteiger partial charge >= 0.3 is 0 Å². The zero-order chi connectivity index (χ0) is 24.1. The number of hydrogen-bond acceptors (Lipinski definition) is 5. The number of nitrogens with zero attached hydrogens (tertiary/aromatic N) is 3. The summed E-state index contributed by atoms with van der Waals surface area (Å²) in [5.41, 5.74) is 2.28. The Bertz CT molecular complexity index is 1290. The molecule has 0 saturated carbocycles. The first-order valence-electron chi connectivity index (χ1n) is 10.8. The number of anilines is 1. The Morgan fingerprint density at radius 3 is 2.26 bits per heavy atom. The molecule has 0 bridgehead atoms. The first kappa shape index (κ1) is 23.2. The second kappa shape index (κ2) is 10.3. The summed E-state index contributed by atoms with van der Waals surface area (Å²) in [6, 6.07) is 22.8. The Kier molecular flexibility index (Phi) is 7.04. The van der Waals surface area contributed by atoms with Crippen molar-refractivity contribution >= 4 is 29.1 Å². The molecule has 0 unspecified atom stereocenters. The van der Waals surface area contributed by atoms with E-state index in [1.54, 1.807) is 65.6 Å². The summed E-state index contributed by atoms with van der Waals surface area (Å²) < 4.78 is 5.77. The molecule has 0 fully saturated rings. The van der Waals surface area contributed by atoms with Crippen LogP contribution < -0.4 is 5.32 Å². The van der Waals surface area contributed by atoms with Crippen LogP contribution in [0.4, 0.5) is 5.69 Å². The summed E-state index contributed by atoms with van der Waals surface area (Å²) >= 11 is 6.22. The Labute approximate surface area is 202 Å². The van der Waals surface area contributed by atoms with Gasteiger partial charge < -0.3 is 14.6 Å². The molecule has 0 spiro atoms. The van der Waals surface area contributed by atoms with Crippen molar-refractivity contribution in [1.82, 2.24) is 15.1 Å². The average Bonchev–Trinajstić information content (AvgIpc) is 3.32. The van der Waals surface area contributed by atoms with E-state index in [9.17, 15) is 9.59 Å². The maximum atomic E-state index is 13.2. The van der Waals surface area contributed by atoms with Gasteiger partial charge in [-0.15, -0.1) is 10.2 Å². The zero-order valence-electron chi connectivity index (χ0n) is 18.7. The van der Waals surface area contributed by atoms with Crippen molar-refractivity contribution in [2.45, 2.75) is 26.4 Å². The first-order valence-corrected chi connectivity index (χ1v) is 11.1. The molecule has 1 N–H and O–H groups in total. The molecule has 0 aliphatic heterocycles. The van der Waals surface area contributed by atoms with Crippen LogP contribution in [0, 0.1) is 0 Å². The summed E-state index contributed by atoms with van der Waals surface area (Å²) in [6.07, 6.45) is 0. The minimum Gasteiger partial charge on any atom is -0.419 e. The number of carbonyl (C=O) groups is 2. The molecule has 0 radical (unpaired) electrons. The molecule has 0 aliphatic rings. The van der Waals surface area contributed by atoms with E-state index in [1.807, 2.05) is 32.0 Å². The summed E-state index contributed by atoms with van der Waals surface area (Å²) in [7, 11) is 0. The third-order valence-corrected chi connectivity index (χ3v) is 5.52. The second-order valence-corrected chi connectivity index (χ2v) is 8.31. The molecule has 172 valence electrons.